The van der Waals surface area contributed by atoms with Gasteiger partial charge in [-0.25, -0.2) is 4.79 Å². The molecular formula is C26H38O4. The molecule has 3 aliphatic rings. The van der Waals surface area contributed by atoms with Gasteiger partial charge in [0.1, 0.15) is 11.5 Å². The van der Waals surface area contributed by atoms with Crippen molar-refractivity contribution in [1.82, 2.24) is 0 Å². The van der Waals surface area contributed by atoms with Gasteiger partial charge in [0.2, 0.25) is 0 Å². The summed E-state index contributed by atoms with van der Waals surface area (Å²) in [5, 5.41) is 21.2. The third kappa shape index (κ3) is 3.01. The molecule has 4 nitrogen and oxygen atoms in total. The molecule has 166 valence electrons. The summed E-state index contributed by atoms with van der Waals surface area (Å²) in [6.07, 6.45) is 6.55. The minimum atomic E-state index is -0.416. The molecule has 1 aromatic heterocycles. The predicted molar refractivity (Wildman–Crippen MR) is 118 cm³/mol. The third-order valence-electron chi connectivity index (χ3n) is 9.54. The minimum absolute atomic E-state index is 0.00964. The fourth-order valence-corrected chi connectivity index (χ4v) is 7.86. The van der Waals surface area contributed by atoms with Gasteiger partial charge in [0.15, 0.2) is 0 Å². The molecule has 2 saturated carbocycles. The van der Waals surface area contributed by atoms with E-state index >= 15 is 0 Å². The predicted octanol–water partition coefficient (Wildman–Crippen LogP) is 5.53. The molecule has 0 aliphatic heterocycles. The Kier molecular flexibility index (Phi) is 5.04. The van der Waals surface area contributed by atoms with Crippen LogP contribution >= 0.6 is 0 Å². The van der Waals surface area contributed by atoms with Crippen molar-refractivity contribution in [3.8, 4) is 5.75 Å². The van der Waals surface area contributed by atoms with Gasteiger partial charge < -0.3 is 14.6 Å². The second-order valence-electron chi connectivity index (χ2n) is 11.4. The first-order chi connectivity index (χ1) is 13.9. The molecule has 4 heteroatoms. The normalized spacial score (nSPS) is 38.2. The summed E-state index contributed by atoms with van der Waals surface area (Å²) < 4.78 is 5.31. The lowest BCUT2D eigenvalue weighted by atomic mass is 9.40. The van der Waals surface area contributed by atoms with Gasteiger partial charge in [-0.05, 0) is 80.5 Å². The lowest BCUT2D eigenvalue weighted by Gasteiger charge is -2.65. The molecule has 0 amide bonds. The maximum atomic E-state index is 12.5. The molecule has 0 saturated heterocycles. The van der Waals surface area contributed by atoms with E-state index in [1.807, 2.05) is 0 Å². The van der Waals surface area contributed by atoms with Gasteiger partial charge >= 0.3 is 5.63 Å². The van der Waals surface area contributed by atoms with Crippen molar-refractivity contribution in [2.75, 3.05) is 0 Å². The highest BCUT2D eigenvalue weighted by Gasteiger charge is 2.61. The van der Waals surface area contributed by atoms with Crippen LogP contribution in [0.4, 0.5) is 0 Å². The Morgan fingerprint density at radius 1 is 1.07 bits per heavy atom. The van der Waals surface area contributed by atoms with Gasteiger partial charge in [0.05, 0.1) is 11.7 Å². The van der Waals surface area contributed by atoms with E-state index in [4.69, 9.17) is 4.42 Å². The summed E-state index contributed by atoms with van der Waals surface area (Å²) in [6.45, 7) is 13.2. The Morgan fingerprint density at radius 3 is 2.43 bits per heavy atom. The topological polar surface area (TPSA) is 70.7 Å². The van der Waals surface area contributed by atoms with Crippen molar-refractivity contribution in [3.05, 3.63) is 39.0 Å². The number of aliphatic hydroxyl groups excluding tert-OH is 1. The van der Waals surface area contributed by atoms with Crippen LogP contribution in [0.1, 0.15) is 84.5 Å². The first-order valence-corrected chi connectivity index (χ1v) is 11.6. The van der Waals surface area contributed by atoms with Crippen LogP contribution in [0.25, 0.3) is 0 Å². The highest BCUT2D eigenvalue weighted by atomic mass is 16.4. The molecule has 0 radical (unpaired) electrons. The van der Waals surface area contributed by atoms with Crippen molar-refractivity contribution in [1.29, 1.82) is 0 Å². The molecule has 0 aromatic carbocycles. The average molecular weight is 415 g/mol. The molecular weight excluding hydrogens is 376 g/mol. The highest BCUT2D eigenvalue weighted by Crippen LogP contribution is 2.68. The second kappa shape index (κ2) is 6.98. The Labute approximate surface area is 180 Å². The molecule has 0 unspecified atom stereocenters. The summed E-state index contributed by atoms with van der Waals surface area (Å²) in [4.78, 5) is 12.5. The lowest BCUT2D eigenvalue weighted by Crippen LogP contribution is -2.59. The zero-order valence-corrected chi connectivity index (χ0v) is 19.5. The summed E-state index contributed by atoms with van der Waals surface area (Å²) in [7, 11) is 0. The molecule has 0 spiro atoms. The van der Waals surface area contributed by atoms with E-state index in [9.17, 15) is 15.0 Å². The molecule has 1 aromatic rings. The quantitative estimate of drug-likeness (QED) is 0.625. The van der Waals surface area contributed by atoms with Crippen molar-refractivity contribution in [2.45, 2.75) is 92.6 Å². The van der Waals surface area contributed by atoms with Gasteiger partial charge in [-0.1, -0.05) is 38.8 Å². The fourth-order valence-electron chi connectivity index (χ4n) is 7.86. The first kappa shape index (κ1) is 21.7. The van der Waals surface area contributed by atoms with E-state index in [0.717, 1.165) is 32.1 Å². The van der Waals surface area contributed by atoms with Gasteiger partial charge in [-0.3, -0.25) is 0 Å². The van der Waals surface area contributed by atoms with Gasteiger partial charge in [0.25, 0.3) is 0 Å². The Bertz CT molecular complexity index is 939. The van der Waals surface area contributed by atoms with E-state index in [1.165, 1.54) is 17.6 Å². The van der Waals surface area contributed by atoms with Crippen LogP contribution in [0, 0.1) is 35.0 Å². The van der Waals surface area contributed by atoms with Gasteiger partial charge in [-0.15, -0.1) is 0 Å². The van der Waals surface area contributed by atoms with Crippen LogP contribution in [-0.2, 0) is 6.42 Å². The van der Waals surface area contributed by atoms with Gasteiger partial charge in [-0.2, -0.15) is 0 Å². The smallest absolute Gasteiger partial charge is 0.343 e. The Hall–Kier alpha value is -1.55. The van der Waals surface area contributed by atoms with Crippen LogP contribution in [0.2, 0.25) is 0 Å². The Morgan fingerprint density at radius 2 is 1.77 bits per heavy atom. The van der Waals surface area contributed by atoms with Gasteiger partial charge in [0, 0.05) is 12.5 Å². The maximum absolute atomic E-state index is 12.5. The van der Waals surface area contributed by atoms with E-state index < -0.39 is 5.63 Å². The average Bonchev–Trinajstić information content (AvgIpc) is 2.63. The largest absolute Gasteiger partial charge is 0.507 e. The number of aromatic hydroxyl groups is 1. The molecule has 2 fully saturated rings. The molecule has 4 rings (SSSR count). The number of hydrogen-bond donors (Lipinski definition) is 2. The number of aliphatic hydroxyl groups is 1. The minimum Gasteiger partial charge on any atom is -0.507 e. The first-order valence-electron chi connectivity index (χ1n) is 11.6. The van der Waals surface area contributed by atoms with Crippen LogP contribution in [-0.4, -0.2) is 16.3 Å². The lowest BCUT2D eigenvalue weighted by molar-refractivity contribution is -0.166. The Balaban J connectivity index is 1.75. The van der Waals surface area contributed by atoms with Crippen molar-refractivity contribution < 1.29 is 14.6 Å². The molecule has 2 N–H and O–H groups in total. The standard InChI is InChI=1S/C26H38O4/c1-15-7-8-21-25(5,18(15)14-17-19(27)13-16(2)30-23(17)29)11-9-20-24(3,4)22(28)10-12-26(20,21)6/h13,20-22,27-28H,7-12,14H2,1-6H3/t20-,21-,22-,25-,26-/m0/s1. The second-order valence-corrected chi connectivity index (χ2v) is 11.4. The number of allylic oxidation sites excluding steroid dienone is 2. The zero-order chi connectivity index (χ0) is 22.1. The molecule has 1 heterocycles. The molecule has 3 aliphatic carbocycles. The molecule has 30 heavy (non-hydrogen) atoms. The maximum Gasteiger partial charge on any atom is 0.343 e. The monoisotopic (exact) mass is 414 g/mol. The molecule has 0 bridgehead atoms. The highest BCUT2D eigenvalue weighted by molar-refractivity contribution is 5.38. The number of rotatable bonds is 2. The van der Waals surface area contributed by atoms with Crippen LogP contribution in [0.15, 0.2) is 26.4 Å². The van der Waals surface area contributed by atoms with E-state index in [-0.39, 0.29) is 28.1 Å². The number of fused-ring (bicyclic) bond motifs is 3. The third-order valence-corrected chi connectivity index (χ3v) is 9.54. The van der Waals surface area contributed by atoms with E-state index in [0.29, 0.717) is 29.6 Å². The summed E-state index contributed by atoms with van der Waals surface area (Å²) in [5.41, 5.74) is 2.79. The van der Waals surface area contributed by atoms with Crippen LogP contribution in [0.3, 0.4) is 0 Å². The summed E-state index contributed by atoms with van der Waals surface area (Å²) >= 11 is 0. The van der Waals surface area contributed by atoms with Crippen LogP contribution < -0.4 is 5.63 Å². The SMILES string of the molecule is CC1=C(Cc2c(O)cc(C)oc2=O)[C@]2(C)CC[C@H]3C(C)(C)[C@@H](O)CC[C@]3(C)[C@H]2CC1. The van der Waals surface area contributed by atoms with Crippen molar-refractivity contribution in [3.63, 3.8) is 0 Å². The zero-order valence-electron chi connectivity index (χ0n) is 19.5. The van der Waals surface area contributed by atoms with E-state index in [2.05, 4.69) is 34.6 Å². The van der Waals surface area contributed by atoms with E-state index in [1.54, 1.807) is 13.0 Å². The summed E-state index contributed by atoms with van der Waals surface area (Å²) in [6, 6.07) is 1.55. The fraction of sp³-hybridized carbons (Fsp3) is 0.731. The number of aryl methyl sites for hydroxylation is 1. The van der Waals surface area contributed by atoms with Crippen molar-refractivity contribution >= 4 is 0 Å². The number of hydrogen-bond acceptors (Lipinski definition) is 4. The summed E-state index contributed by atoms with van der Waals surface area (Å²) in [5.74, 6) is 1.52. The molecule has 5 atom stereocenters. The van der Waals surface area contributed by atoms with Crippen LogP contribution in [0.5, 0.6) is 5.75 Å². The van der Waals surface area contributed by atoms with Crippen molar-refractivity contribution in [2.24, 2.45) is 28.1 Å².